The van der Waals surface area contributed by atoms with Crippen molar-refractivity contribution in [3.8, 4) is 17.2 Å². The minimum absolute atomic E-state index is 0.0686. The summed E-state index contributed by atoms with van der Waals surface area (Å²) in [6.45, 7) is 0.611. The van der Waals surface area contributed by atoms with Crippen LogP contribution in [0.2, 0.25) is 0 Å². The van der Waals surface area contributed by atoms with E-state index in [1.807, 2.05) is 0 Å². The molecule has 1 heterocycles. The van der Waals surface area contributed by atoms with Crippen molar-refractivity contribution in [2.24, 2.45) is 5.73 Å². The second kappa shape index (κ2) is 5.31. The Labute approximate surface area is 108 Å². The van der Waals surface area contributed by atoms with Crippen LogP contribution >= 0.6 is 0 Å². The molecule has 0 aromatic heterocycles. The summed E-state index contributed by atoms with van der Waals surface area (Å²) in [6, 6.07) is -0.0198. The molecular formula is C12H14FNO5. The Hall–Kier alpha value is -2.02. The van der Waals surface area contributed by atoms with Gasteiger partial charge in [-0.1, -0.05) is 0 Å². The maximum atomic E-state index is 13.8. The van der Waals surface area contributed by atoms with Crippen LogP contribution in [0.3, 0.4) is 0 Å². The number of hydrogen-bond donors (Lipinski definition) is 2. The molecule has 1 aliphatic heterocycles. The first-order valence-electron chi connectivity index (χ1n) is 5.68. The van der Waals surface area contributed by atoms with Crippen molar-refractivity contribution in [1.82, 2.24) is 0 Å². The second-order valence-electron chi connectivity index (χ2n) is 4.04. The van der Waals surface area contributed by atoms with Crippen molar-refractivity contribution < 1.29 is 28.5 Å². The number of nitrogens with two attached hydrogens (primary N) is 1. The molecule has 7 heteroatoms. The van der Waals surface area contributed by atoms with Crippen molar-refractivity contribution in [1.29, 1.82) is 0 Å². The fraction of sp³-hybridized carbons (Fsp3) is 0.417. The predicted octanol–water partition coefficient (Wildman–Crippen LogP) is 0.560. The number of methoxy groups -OCH3 is 1. The molecule has 6 nitrogen and oxygen atoms in total. The average Bonchev–Trinajstić information content (AvgIpc) is 2.38. The van der Waals surface area contributed by atoms with Crippen LogP contribution in [0.4, 0.5) is 4.39 Å². The number of ether oxygens (including phenoxy) is 3. The van der Waals surface area contributed by atoms with Crippen LogP contribution in [0.1, 0.15) is 5.56 Å². The molecule has 3 N–H and O–H groups in total. The largest absolute Gasteiger partial charge is 0.493 e. The van der Waals surface area contributed by atoms with E-state index in [2.05, 4.69) is 0 Å². The molecule has 0 spiro atoms. The van der Waals surface area contributed by atoms with Crippen molar-refractivity contribution in [3.63, 3.8) is 0 Å². The van der Waals surface area contributed by atoms with Gasteiger partial charge in [-0.2, -0.15) is 0 Å². The number of aliphatic carboxylic acids is 1. The fourth-order valence-corrected chi connectivity index (χ4v) is 1.92. The molecule has 1 aromatic rings. The van der Waals surface area contributed by atoms with E-state index in [1.165, 1.54) is 7.11 Å². The Balaban J connectivity index is 2.48. The van der Waals surface area contributed by atoms with Gasteiger partial charge in [-0.15, -0.1) is 0 Å². The van der Waals surface area contributed by atoms with Gasteiger partial charge in [-0.25, -0.2) is 4.39 Å². The number of carboxylic acid groups (broad SMARTS) is 1. The van der Waals surface area contributed by atoms with Crippen LogP contribution in [0.5, 0.6) is 17.2 Å². The summed E-state index contributed by atoms with van der Waals surface area (Å²) in [5.74, 6) is -1.37. The maximum Gasteiger partial charge on any atom is 0.320 e. The molecule has 104 valence electrons. The zero-order valence-electron chi connectivity index (χ0n) is 10.3. The summed E-state index contributed by atoms with van der Waals surface area (Å²) in [6.07, 6.45) is -0.109. The minimum Gasteiger partial charge on any atom is -0.493 e. The highest BCUT2D eigenvalue weighted by atomic mass is 19.1. The van der Waals surface area contributed by atoms with Gasteiger partial charge >= 0.3 is 5.97 Å². The minimum atomic E-state index is -1.18. The smallest absolute Gasteiger partial charge is 0.320 e. The summed E-state index contributed by atoms with van der Waals surface area (Å²) in [5, 5.41) is 8.85. The van der Waals surface area contributed by atoms with Crippen molar-refractivity contribution in [2.45, 2.75) is 12.5 Å². The average molecular weight is 271 g/mol. The van der Waals surface area contributed by atoms with Gasteiger partial charge in [0, 0.05) is 18.1 Å². The lowest BCUT2D eigenvalue weighted by Crippen LogP contribution is -2.33. The van der Waals surface area contributed by atoms with Crippen LogP contribution in [-0.2, 0) is 11.2 Å². The van der Waals surface area contributed by atoms with E-state index in [0.717, 1.165) is 6.07 Å². The lowest BCUT2D eigenvalue weighted by atomic mass is 10.0. The van der Waals surface area contributed by atoms with Crippen LogP contribution < -0.4 is 19.9 Å². The lowest BCUT2D eigenvalue weighted by molar-refractivity contribution is -0.138. The van der Waals surface area contributed by atoms with Gasteiger partial charge < -0.3 is 25.1 Å². The molecule has 1 aromatic carbocycles. The number of benzene rings is 1. The van der Waals surface area contributed by atoms with E-state index in [9.17, 15) is 9.18 Å². The topological polar surface area (TPSA) is 91.0 Å². The fourth-order valence-electron chi connectivity index (χ4n) is 1.92. The summed E-state index contributed by atoms with van der Waals surface area (Å²) in [7, 11) is 1.30. The monoisotopic (exact) mass is 271 g/mol. The quantitative estimate of drug-likeness (QED) is 0.831. The highest BCUT2D eigenvalue weighted by molar-refractivity contribution is 5.74. The number of carboxylic acids is 1. The third-order valence-corrected chi connectivity index (χ3v) is 2.78. The second-order valence-corrected chi connectivity index (χ2v) is 4.04. The third-order valence-electron chi connectivity index (χ3n) is 2.78. The van der Waals surface area contributed by atoms with Gasteiger partial charge in [-0.05, 0) is 0 Å². The first kappa shape index (κ1) is 13.4. The first-order chi connectivity index (χ1) is 9.04. The number of carbonyl (C=O) groups is 1. The molecular weight excluding hydrogens is 257 g/mol. The normalized spacial score (nSPS) is 14.9. The van der Waals surface area contributed by atoms with E-state index >= 15 is 0 Å². The van der Waals surface area contributed by atoms with Crippen molar-refractivity contribution in [3.05, 3.63) is 17.4 Å². The molecule has 0 fully saturated rings. The Kier molecular flexibility index (Phi) is 3.75. The molecule has 2 rings (SSSR count). The van der Waals surface area contributed by atoms with Gasteiger partial charge in [-0.3, -0.25) is 4.79 Å². The summed E-state index contributed by atoms with van der Waals surface area (Å²) < 4.78 is 29.5. The molecule has 0 aliphatic carbocycles. The molecule has 0 bridgehead atoms. The van der Waals surface area contributed by atoms with Gasteiger partial charge in [0.05, 0.1) is 7.11 Å². The number of hydrogen-bond acceptors (Lipinski definition) is 5. The van der Waals surface area contributed by atoms with Crippen LogP contribution in [0, 0.1) is 5.82 Å². The zero-order valence-corrected chi connectivity index (χ0v) is 10.3. The molecule has 1 aliphatic rings. The highest BCUT2D eigenvalue weighted by Gasteiger charge is 2.27. The summed E-state index contributed by atoms with van der Waals surface area (Å²) >= 11 is 0. The zero-order chi connectivity index (χ0) is 14.0. The molecule has 0 saturated heterocycles. The SMILES string of the molecule is COc1c(F)cc2c(c1CC(N)C(=O)O)OCCO2. The van der Waals surface area contributed by atoms with Crippen LogP contribution in [0.25, 0.3) is 0 Å². The summed E-state index contributed by atoms with van der Waals surface area (Å²) in [5.41, 5.74) is 5.75. The Morgan fingerprint density at radius 2 is 2.26 bits per heavy atom. The van der Waals surface area contributed by atoms with E-state index in [0.29, 0.717) is 19.0 Å². The van der Waals surface area contributed by atoms with Gasteiger partial charge in [0.2, 0.25) is 0 Å². The van der Waals surface area contributed by atoms with E-state index in [1.54, 1.807) is 0 Å². The molecule has 0 amide bonds. The Bertz CT molecular complexity index is 505. The van der Waals surface area contributed by atoms with Crippen LogP contribution in [-0.4, -0.2) is 37.4 Å². The summed E-state index contributed by atoms with van der Waals surface area (Å²) in [4.78, 5) is 10.8. The predicted molar refractivity (Wildman–Crippen MR) is 63.3 cm³/mol. The highest BCUT2D eigenvalue weighted by Crippen LogP contribution is 2.41. The number of halogens is 1. The number of fused-ring (bicyclic) bond motifs is 1. The van der Waals surface area contributed by atoms with Gasteiger partial charge in [0.25, 0.3) is 0 Å². The van der Waals surface area contributed by atoms with Crippen LogP contribution in [0.15, 0.2) is 6.07 Å². The molecule has 0 radical (unpaired) electrons. The Morgan fingerprint density at radius 1 is 1.58 bits per heavy atom. The first-order valence-corrected chi connectivity index (χ1v) is 5.68. The van der Waals surface area contributed by atoms with E-state index < -0.39 is 17.8 Å². The lowest BCUT2D eigenvalue weighted by Gasteiger charge is -2.23. The standard InChI is InChI=1S/C12H14FNO5/c1-17-10-6(4-8(14)12(15)16)11-9(5-7(10)13)18-2-3-19-11/h5,8H,2-4,14H2,1H3,(H,15,16). The van der Waals surface area contributed by atoms with Gasteiger partial charge in [0.15, 0.2) is 23.1 Å². The van der Waals surface area contributed by atoms with E-state index in [4.69, 9.17) is 25.1 Å². The number of rotatable bonds is 4. The van der Waals surface area contributed by atoms with Crippen molar-refractivity contribution >= 4 is 5.97 Å². The van der Waals surface area contributed by atoms with Crippen molar-refractivity contribution in [2.75, 3.05) is 20.3 Å². The molecule has 1 atom stereocenters. The Morgan fingerprint density at radius 3 is 2.89 bits per heavy atom. The molecule has 1 unspecified atom stereocenters. The van der Waals surface area contributed by atoms with Gasteiger partial charge in [0.1, 0.15) is 19.3 Å². The molecule has 19 heavy (non-hydrogen) atoms. The maximum absolute atomic E-state index is 13.8. The third kappa shape index (κ3) is 2.55. The van der Waals surface area contributed by atoms with E-state index in [-0.39, 0.29) is 23.5 Å². The molecule has 0 saturated carbocycles.